The van der Waals surface area contributed by atoms with Crippen LogP contribution in [0.2, 0.25) is 10.0 Å². The van der Waals surface area contributed by atoms with E-state index < -0.39 is 0 Å². The van der Waals surface area contributed by atoms with E-state index in [0.717, 1.165) is 24.9 Å². The molecule has 0 aliphatic rings. The van der Waals surface area contributed by atoms with Gasteiger partial charge in [-0.25, -0.2) is 0 Å². The predicted octanol–water partition coefficient (Wildman–Crippen LogP) is 4.01. The Morgan fingerprint density at radius 3 is 2.75 bits per heavy atom. The van der Waals surface area contributed by atoms with E-state index in [4.69, 9.17) is 23.2 Å². The van der Waals surface area contributed by atoms with Crippen LogP contribution in [0.1, 0.15) is 30.6 Å². The third-order valence-corrected chi connectivity index (χ3v) is 4.25. The number of nitrogens with zero attached hydrogens (tertiary/aromatic N) is 2. The predicted molar refractivity (Wildman–Crippen MR) is 84.4 cm³/mol. The molecule has 1 atom stereocenters. The van der Waals surface area contributed by atoms with Crippen molar-refractivity contribution in [3.8, 4) is 0 Å². The number of benzene rings is 1. The molecule has 1 aromatic heterocycles. The van der Waals surface area contributed by atoms with Gasteiger partial charge >= 0.3 is 0 Å². The average molecular weight is 312 g/mol. The minimum absolute atomic E-state index is 0.195. The lowest BCUT2D eigenvalue weighted by Gasteiger charge is -2.20. The van der Waals surface area contributed by atoms with Gasteiger partial charge in [-0.15, -0.1) is 0 Å². The quantitative estimate of drug-likeness (QED) is 0.873. The summed E-state index contributed by atoms with van der Waals surface area (Å²) in [4.78, 5) is 0. The van der Waals surface area contributed by atoms with Crippen LogP contribution in [0.4, 0.5) is 0 Å². The topological polar surface area (TPSA) is 29.9 Å². The van der Waals surface area contributed by atoms with Gasteiger partial charge in [-0.3, -0.25) is 4.68 Å². The highest BCUT2D eigenvalue weighted by atomic mass is 35.5. The molecule has 1 heterocycles. The molecular weight excluding hydrogens is 293 g/mol. The molecule has 1 N–H and O–H groups in total. The number of halogens is 2. The molecule has 3 nitrogen and oxygen atoms in total. The second-order valence-corrected chi connectivity index (χ2v) is 5.52. The third-order valence-electron chi connectivity index (χ3n) is 3.42. The van der Waals surface area contributed by atoms with E-state index in [1.807, 2.05) is 42.2 Å². The second kappa shape index (κ2) is 7.11. The van der Waals surface area contributed by atoms with Crippen molar-refractivity contribution >= 4 is 23.2 Å². The summed E-state index contributed by atoms with van der Waals surface area (Å²) in [6.07, 6.45) is 3.72. The fourth-order valence-electron chi connectivity index (χ4n) is 2.34. The maximum Gasteiger partial charge on any atom is 0.0640 e. The lowest BCUT2D eigenvalue weighted by Crippen LogP contribution is -2.22. The Labute approximate surface area is 129 Å². The zero-order valence-electron chi connectivity index (χ0n) is 11.7. The van der Waals surface area contributed by atoms with Gasteiger partial charge in [-0.1, -0.05) is 42.3 Å². The highest BCUT2D eigenvalue weighted by Crippen LogP contribution is 2.31. The average Bonchev–Trinajstić information content (AvgIpc) is 2.84. The fourth-order valence-corrected chi connectivity index (χ4v) is 2.78. The first kappa shape index (κ1) is 15.4. The zero-order valence-corrected chi connectivity index (χ0v) is 13.2. The van der Waals surface area contributed by atoms with Gasteiger partial charge < -0.3 is 5.32 Å². The number of aromatic nitrogens is 2. The molecule has 1 aromatic carbocycles. The van der Waals surface area contributed by atoms with E-state index in [9.17, 15) is 0 Å². The minimum Gasteiger partial charge on any atom is -0.310 e. The summed E-state index contributed by atoms with van der Waals surface area (Å²) in [7, 11) is 1.96. The van der Waals surface area contributed by atoms with Gasteiger partial charge in [-0.2, -0.15) is 5.10 Å². The van der Waals surface area contributed by atoms with Gasteiger partial charge in [0.1, 0.15) is 0 Å². The summed E-state index contributed by atoms with van der Waals surface area (Å²) in [5.74, 6) is 0. The second-order valence-electron chi connectivity index (χ2n) is 4.74. The van der Waals surface area contributed by atoms with Crippen molar-refractivity contribution in [3.05, 3.63) is 51.8 Å². The normalized spacial score (nSPS) is 12.6. The van der Waals surface area contributed by atoms with Crippen molar-refractivity contribution in [2.45, 2.75) is 25.8 Å². The first-order valence-corrected chi connectivity index (χ1v) is 7.53. The van der Waals surface area contributed by atoms with Gasteiger partial charge in [0.05, 0.1) is 10.0 Å². The van der Waals surface area contributed by atoms with Crippen LogP contribution < -0.4 is 5.32 Å². The van der Waals surface area contributed by atoms with Crippen molar-refractivity contribution in [1.82, 2.24) is 15.1 Å². The summed E-state index contributed by atoms with van der Waals surface area (Å²) < 4.78 is 1.91. The molecule has 5 heteroatoms. The fraction of sp³-hybridized carbons (Fsp3) is 0.400. The lowest BCUT2D eigenvalue weighted by atomic mass is 10.0. The molecule has 0 aliphatic heterocycles. The van der Waals surface area contributed by atoms with E-state index in [1.165, 1.54) is 5.69 Å². The number of aryl methyl sites for hydroxylation is 2. The van der Waals surface area contributed by atoms with Crippen LogP contribution in [-0.2, 0) is 13.5 Å². The van der Waals surface area contributed by atoms with Crippen LogP contribution in [-0.4, -0.2) is 16.3 Å². The van der Waals surface area contributed by atoms with Crippen LogP contribution >= 0.6 is 23.2 Å². The number of hydrogen-bond donors (Lipinski definition) is 1. The zero-order chi connectivity index (χ0) is 14.5. The third kappa shape index (κ3) is 3.54. The molecule has 0 amide bonds. The van der Waals surface area contributed by atoms with Crippen LogP contribution in [0.25, 0.3) is 0 Å². The molecule has 2 rings (SSSR count). The first-order chi connectivity index (χ1) is 9.63. The number of hydrogen-bond acceptors (Lipinski definition) is 2. The van der Waals surface area contributed by atoms with E-state index in [1.54, 1.807) is 0 Å². The molecule has 20 heavy (non-hydrogen) atoms. The summed E-state index contributed by atoms with van der Waals surface area (Å²) in [6, 6.07) is 8.03. The molecule has 0 bridgehead atoms. The maximum absolute atomic E-state index is 6.33. The standard InChI is InChI=1S/C15H19Cl2N3/c1-3-18-14(8-7-11-9-10-19-20(11)2)12-5-4-6-13(16)15(12)17/h4-6,9-10,14,18H,3,7-8H2,1-2H3. The van der Waals surface area contributed by atoms with Crippen LogP contribution in [0, 0.1) is 0 Å². The molecule has 0 radical (unpaired) electrons. The monoisotopic (exact) mass is 311 g/mol. The molecule has 0 saturated carbocycles. The van der Waals surface area contributed by atoms with Gasteiger partial charge in [0.25, 0.3) is 0 Å². The molecule has 1 unspecified atom stereocenters. The Hall–Kier alpha value is -1.03. The Bertz CT molecular complexity index is 566. The Balaban J connectivity index is 2.14. The van der Waals surface area contributed by atoms with Gasteiger partial charge in [0.2, 0.25) is 0 Å². The van der Waals surface area contributed by atoms with Crippen LogP contribution in [0.5, 0.6) is 0 Å². The number of nitrogens with one attached hydrogen (secondary N) is 1. The van der Waals surface area contributed by atoms with Crippen molar-refractivity contribution in [2.75, 3.05) is 6.54 Å². The molecule has 0 fully saturated rings. The van der Waals surface area contributed by atoms with Crippen molar-refractivity contribution in [3.63, 3.8) is 0 Å². The summed E-state index contributed by atoms with van der Waals surface area (Å²) >= 11 is 12.4. The van der Waals surface area contributed by atoms with Crippen LogP contribution in [0.15, 0.2) is 30.5 Å². The van der Waals surface area contributed by atoms with E-state index in [2.05, 4.69) is 17.3 Å². The van der Waals surface area contributed by atoms with Crippen molar-refractivity contribution in [1.29, 1.82) is 0 Å². The maximum atomic E-state index is 6.33. The molecule has 2 aromatic rings. The SMILES string of the molecule is CCNC(CCc1ccnn1C)c1cccc(Cl)c1Cl. The van der Waals surface area contributed by atoms with E-state index in [-0.39, 0.29) is 6.04 Å². The molecule has 0 aliphatic carbocycles. The summed E-state index contributed by atoms with van der Waals surface area (Å²) in [5.41, 5.74) is 2.27. The highest BCUT2D eigenvalue weighted by molar-refractivity contribution is 6.42. The Morgan fingerprint density at radius 1 is 1.30 bits per heavy atom. The smallest absolute Gasteiger partial charge is 0.0640 e. The lowest BCUT2D eigenvalue weighted by molar-refractivity contribution is 0.506. The largest absolute Gasteiger partial charge is 0.310 e. The van der Waals surface area contributed by atoms with E-state index in [0.29, 0.717) is 10.0 Å². The minimum atomic E-state index is 0.195. The molecule has 108 valence electrons. The molecule has 0 saturated heterocycles. The van der Waals surface area contributed by atoms with Crippen LogP contribution in [0.3, 0.4) is 0 Å². The summed E-state index contributed by atoms with van der Waals surface area (Å²) in [6.45, 7) is 2.98. The van der Waals surface area contributed by atoms with E-state index >= 15 is 0 Å². The molecule has 0 spiro atoms. The Morgan fingerprint density at radius 2 is 2.10 bits per heavy atom. The van der Waals surface area contributed by atoms with Gasteiger partial charge in [0, 0.05) is 25.0 Å². The summed E-state index contributed by atoms with van der Waals surface area (Å²) in [5, 5.41) is 8.92. The Kier molecular flexibility index (Phi) is 5.46. The van der Waals surface area contributed by atoms with Crippen molar-refractivity contribution in [2.24, 2.45) is 7.05 Å². The van der Waals surface area contributed by atoms with Gasteiger partial charge in [-0.05, 0) is 37.1 Å². The highest BCUT2D eigenvalue weighted by Gasteiger charge is 2.16. The van der Waals surface area contributed by atoms with Crippen molar-refractivity contribution < 1.29 is 0 Å². The number of rotatable bonds is 6. The molecular formula is C15H19Cl2N3. The first-order valence-electron chi connectivity index (χ1n) is 6.77. The van der Waals surface area contributed by atoms with Gasteiger partial charge in [0.15, 0.2) is 0 Å².